The van der Waals surface area contributed by atoms with E-state index in [0.717, 1.165) is 11.3 Å². The van der Waals surface area contributed by atoms with Crippen molar-refractivity contribution in [2.45, 2.75) is 6.54 Å². The summed E-state index contributed by atoms with van der Waals surface area (Å²) in [6.45, 7) is 0.698. The molecule has 21 heavy (non-hydrogen) atoms. The van der Waals surface area contributed by atoms with Gasteiger partial charge in [0.05, 0.1) is 20.0 Å². The van der Waals surface area contributed by atoms with Crippen molar-refractivity contribution in [1.82, 2.24) is 14.5 Å². The summed E-state index contributed by atoms with van der Waals surface area (Å²) < 4.78 is 6.98. The molecule has 3 rings (SSSR count). The van der Waals surface area contributed by atoms with Crippen molar-refractivity contribution in [2.24, 2.45) is 0 Å². The van der Waals surface area contributed by atoms with E-state index < -0.39 is 0 Å². The molecule has 3 aromatic rings. The minimum atomic E-state index is 0.570. The molecule has 0 radical (unpaired) electrons. The van der Waals surface area contributed by atoms with Gasteiger partial charge in [-0.15, -0.1) is 0 Å². The van der Waals surface area contributed by atoms with E-state index in [9.17, 15) is 0 Å². The van der Waals surface area contributed by atoms with Crippen molar-refractivity contribution < 1.29 is 4.74 Å². The maximum atomic E-state index is 6.20. The van der Waals surface area contributed by atoms with E-state index in [-0.39, 0.29) is 0 Å². The minimum Gasteiger partial charge on any atom is -0.481 e. The number of imidazole rings is 1. The van der Waals surface area contributed by atoms with Gasteiger partial charge in [-0.3, -0.25) is 0 Å². The number of hydrogen-bond acceptors (Lipinski definition) is 4. The van der Waals surface area contributed by atoms with Gasteiger partial charge in [-0.05, 0) is 11.6 Å². The molecule has 0 aliphatic rings. The fourth-order valence-corrected chi connectivity index (χ4v) is 2.16. The van der Waals surface area contributed by atoms with Crippen LogP contribution in [-0.4, -0.2) is 21.6 Å². The first-order chi connectivity index (χ1) is 10.3. The van der Waals surface area contributed by atoms with Crippen LogP contribution in [-0.2, 0) is 6.54 Å². The second kappa shape index (κ2) is 5.66. The number of pyridine rings is 1. The van der Waals surface area contributed by atoms with Gasteiger partial charge >= 0.3 is 0 Å². The molecule has 0 aliphatic carbocycles. The lowest BCUT2D eigenvalue weighted by molar-refractivity contribution is 0.398. The van der Waals surface area contributed by atoms with E-state index in [1.54, 1.807) is 25.7 Å². The van der Waals surface area contributed by atoms with Crippen LogP contribution in [0.2, 0.25) is 0 Å². The Kier molecular flexibility index (Phi) is 3.55. The number of anilines is 1. The van der Waals surface area contributed by atoms with Crippen LogP contribution in [0.1, 0.15) is 5.56 Å². The minimum absolute atomic E-state index is 0.570. The van der Waals surface area contributed by atoms with E-state index >= 15 is 0 Å². The maximum absolute atomic E-state index is 6.20. The lowest BCUT2D eigenvalue weighted by atomic mass is 10.2. The third-order valence-electron chi connectivity index (χ3n) is 3.29. The number of benzene rings is 1. The number of nitrogen functional groups attached to an aromatic ring is 1. The number of rotatable bonds is 4. The lowest BCUT2D eigenvalue weighted by Crippen LogP contribution is -2.03. The van der Waals surface area contributed by atoms with E-state index in [0.29, 0.717) is 18.2 Å². The second-order valence-corrected chi connectivity index (χ2v) is 4.68. The highest BCUT2D eigenvalue weighted by molar-refractivity contribution is 5.69. The van der Waals surface area contributed by atoms with Gasteiger partial charge in [0.1, 0.15) is 11.5 Å². The molecule has 0 spiro atoms. The summed E-state index contributed by atoms with van der Waals surface area (Å²) in [4.78, 5) is 8.58. The van der Waals surface area contributed by atoms with Crippen LogP contribution in [0, 0.1) is 0 Å². The smallest absolute Gasteiger partial charge is 0.212 e. The predicted molar refractivity (Wildman–Crippen MR) is 82.0 cm³/mol. The van der Waals surface area contributed by atoms with Gasteiger partial charge in [0.2, 0.25) is 5.88 Å². The largest absolute Gasteiger partial charge is 0.481 e. The average molecular weight is 280 g/mol. The molecule has 5 nitrogen and oxygen atoms in total. The molecule has 0 saturated heterocycles. The molecule has 106 valence electrons. The Morgan fingerprint density at radius 3 is 2.57 bits per heavy atom. The standard InChI is InChI=1S/C16H16N4O/c1-21-14-8-7-13(9-18-14)15-16(17)20(11-19-15)10-12-5-3-2-4-6-12/h2-9,11H,10,17H2,1H3. The molecule has 0 bridgehead atoms. The zero-order valence-corrected chi connectivity index (χ0v) is 11.7. The van der Waals surface area contributed by atoms with Gasteiger partial charge in [-0.2, -0.15) is 0 Å². The molecule has 0 amide bonds. The Hall–Kier alpha value is -2.82. The Balaban J connectivity index is 1.88. The fourth-order valence-electron chi connectivity index (χ4n) is 2.16. The van der Waals surface area contributed by atoms with E-state index in [4.69, 9.17) is 10.5 Å². The maximum Gasteiger partial charge on any atom is 0.212 e. The Labute approximate surface area is 123 Å². The second-order valence-electron chi connectivity index (χ2n) is 4.68. The van der Waals surface area contributed by atoms with Gasteiger partial charge in [-0.25, -0.2) is 9.97 Å². The zero-order chi connectivity index (χ0) is 14.7. The summed E-state index contributed by atoms with van der Waals surface area (Å²) in [5, 5.41) is 0. The van der Waals surface area contributed by atoms with Crippen molar-refractivity contribution in [3.05, 3.63) is 60.6 Å². The molecule has 1 aromatic carbocycles. The molecule has 5 heteroatoms. The molecule has 0 fully saturated rings. The highest BCUT2D eigenvalue weighted by atomic mass is 16.5. The van der Waals surface area contributed by atoms with Crippen molar-refractivity contribution >= 4 is 5.82 Å². The van der Waals surface area contributed by atoms with Gasteiger partial charge in [0.25, 0.3) is 0 Å². The molecule has 2 N–H and O–H groups in total. The Bertz CT molecular complexity index is 720. The van der Waals surface area contributed by atoms with Gasteiger partial charge in [0.15, 0.2) is 0 Å². The summed E-state index contributed by atoms with van der Waals surface area (Å²) in [6, 6.07) is 13.8. The van der Waals surface area contributed by atoms with Gasteiger partial charge in [0, 0.05) is 17.8 Å². The lowest BCUT2D eigenvalue weighted by Gasteiger charge is -2.06. The SMILES string of the molecule is COc1ccc(-c2ncn(Cc3ccccc3)c2N)cn1. The molecule has 0 atom stereocenters. The summed E-state index contributed by atoms with van der Waals surface area (Å²) in [7, 11) is 1.59. The van der Waals surface area contributed by atoms with Crippen molar-refractivity contribution in [1.29, 1.82) is 0 Å². The molecule has 2 heterocycles. The summed E-state index contributed by atoms with van der Waals surface area (Å²) in [5.41, 5.74) is 8.99. The van der Waals surface area contributed by atoms with Crippen molar-refractivity contribution in [3.8, 4) is 17.1 Å². The van der Waals surface area contributed by atoms with Gasteiger partial charge < -0.3 is 15.0 Å². The normalized spacial score (nSPS) is 10.5. The highest BCUT2D eigenvalue weighted by Crippen LogP contribution is 2.25. The van der Waals surface area contributed by atoms with Crippen LogP contribution in [0.15, 0.2) is 55.0 Å². The first kappa shape index (κ1) is 13.2. The van der Waals surface area contributed by atoms with E-state index in [2.05, 4.69) is 22.1 Å². The Morgan fingerprint density at radius 1 is 1.10 bits per heavy atom. The summed E-state index contributed by atoms with van der Waals surface area (Å²) in [6.07, 6.45) is 3.46. The third kappa shape index (κ3) is 2.72. The summed E-state index contributed by atoms with van der Waals surface area (Å²) in [5.74, 6) is 1.20. The predicted octanol–water partition coefficient (Wildman–Crippen LogP) is 2.58. The zero-order valence-electron chi connectivity index (χ0n) is 11.7. The van der Waals surface area contributed by atoms with Crippen LogP contribution in [0.25, 0.3) is 11.3 Å². The third-order valence-corrected chi connectivity index (χ3v) is 3.29. The van der Waals surface area contributed by atoms with Crippen LogP contribution in [0.4, 0.5) is 5.82 Å². The first-order valence-electron chi connectivity index (χ1n) is 6.63. The molecule has 0 unspecified atom stereocenters. The number of nitrogens with zero attached hydrogens (tertiary/aromatic N) is 3. The number of ether oxygens (including phenoxy) is 1. The summed E-state index contributed by atoms with van der Waals surface area (Å²) >= 11 is 0. The van der Waals surface area contributed by atoms with Crippen molar-refractivity contribution in [2.75, 3.05) is 12.8 Å². The van der Waals surface area contributed by atoms with Crippen LogP contribution < -0.4 is 10.5 Å². The van der Waals surface area contributed by atoms with Gasteiger partial charge in [-0.1, -0.05) is 30.3 Å². The van der Waals surface area contributed by atoms with Crippen LogP contribution >= 0.6 is 0 Å². The molecule has 0 aliphatic heterocycles. The fraction of sp³-hybridized carbons (Fsp3) is 0.125. The molecular formula is C16H16N4O. The van der Waals surface area contributed by atoms with Crippen LogP contribution in [0.3, 0.4) is 0 Å². The molecule has 2 aromatic heterocycles. The monoisotopic (exact) mass is 280 g/mol. The Morgan fingerprint density at radius 2 is 1.90 bits per heavy atom. The van der Waals surface area contributed by atoms with E-state index in [1.807, 2.05) is 28.8 Å². The average Bonchev–Trinajstić information content (AvgIpc) is 2.89. The topological polar surface area (TPSA) is 66.0 Å². The first-order valence-corrected chi connectivity index (χ1v) is 6.63. The molecule has 0 saturated carbocycles. The van der Waals surface area contributed by atoms with E-state index in [1.165, 1.54) is 5.56 Å². The number of nitrogens with two attached hydrogens (primary N) is 1. The number of aromatic nitrogens is 3. The highest BCUT2D eigenvalue weighted by Gasteiger charge is 2.10. The number of hydrogen-bond donors (Lipinski definition) is 1. The van der Waals surface area contributed by atoms with Crippen molar-refractivity contribution in [3.63, 3.8) is 0 Å². The van der Waals surface area contributed by atoms with Crippen LogP contribution in [0.5, 0.6) is 5.88 Å². The number of methoxy groups -OCH3 is 1. The molecular weight excluding hydrogens is 264 g/mol. The quantitative estimate of drug-likeness (QED) is 0.797.